The van der Waals surface area contributed by atoms with Gasteiger partial charge in [0.25, 0.3) is 0 Å². The maximum atomic E-state index is 6.01. The molecule has 0 fully saturated rings. The van der Waals surface area contributed by atoms with Crippen molar-refractivity contribution in [2.75, 3.05) is 19.0 Å². The Balaban J connectivity index is 2.13. The number of aromatic nitrogens is 2. The van der Waals surface area contributed by atoms with Crippen LogP contribution < -0.4 is 10.1 Å². The molecule has 0 aliphatic carbocycles. The predicted molar refractivity (Wildman–Crippen MR) is 87.0 cm³/mol. The molecular formula is C16H20ClN3O. The monoisotopic (exact) mass is 305 g/mol. The Morgan fingerprint density at radius 1 is 1.14 bits per heavy atom. The standard InChI is InChI=1S/C16H20ClN3O/c1-3-4-5-10-18-15-11-14(19-16(17)20-15)12-6-8-13(21-2)9-7-12/h6-9,11H,3-5,10H2,1-2H3,(H,18,19,20). The Labute approximate surface area is 130 Å². The third-order valence-electron chi connectivity index (χ3n) is 3.17. The van der Waals surface area contributed by atoms with E-state index >= 15 is 0 Å². The van der Waals surface area contributed by atoms with Crippen LogP contribution in [0.15, 0.2) is 30.3 Å². The molecule has 112 valence electrons. The van der Waals surface area contributed by atoms with Gasteiger partial charge in [-0.3, -0.25) is 0 Å². The summed E-state index contributed by atoms with van der Waals surface area (Å²) in [6, 6.07) is 9.63. The van der Waals surface area contributed by atoms with E-state index in [1.165, 1.54) is 12.8 Å². The first-order chi connectivity index (χ1) is 10.2. The number of halogens is 1. The van der Waals surface area contributed by atoms with Crippen LogP contribution in [0, 0.1) is 0 Å². The van der Waals surface area contributed by atoms with Gasteiger partial charge in [0.05, 0.1) is 12.8 Å². The van der Waals surface area contributed by atoms with Crippen LogP contribution in [0.5, 0.6) is 5.75 Å². The smallest absolute Gasteiger partial charge is 0.224 e. The topological polar surface area (TPSA) is 47.0 Å². The molecule has 0 saturated carbocycles. The lowest BCUT2D eigenvalue weighted by Crippen LogP contribution is -2.04. The van der Waals surface area contributed by atoms with Crippen LogP contribution >= 0.6 is 11.6 Å². The third kappa shape index (κ3) is 4.60. The van der Waals surface area contributed by atoms with E-state index in [4.69, 9.17) is 16.3 Å². The zero-order valence-electron chi connectivity index (χ0n) is 12.4. The number of unbranched alkanes of at least 4 members (excludes halogenated alkanes) is 2. The molecule has 0 spiro atoms. The van der Waals surface area contributed by atoms with Gasteiger partial charge in [0.2, 0.25) is 5.28 Å². The molecule has 0 amide bonds. The van der Waals surface area contributed by atoms with Crippen molar-refractivity contribution in [3.63, 3.8) is 0 Å². The molecular weight excluding hydrogens is 286 g/mol. The molecule has 1 aromatic heterocycles. The summed E-state index contributed by atoms with van der Waals surface area (Å²) >= 11 is 6.01. The summed E-state index contributed by atoms with van der Waals surface area (Å²) in [7, 11) is 1.65. The maximum absolute atomic E-state index is 6.01. The second kappa shape index (κ2) is 7.84. The Kier molecular flexibility index (Phi) is 5.81. The van der Waals surface area contributed by atoms with Crippen LogP contribution in [0.2, 0.25) is 5.28 Å². The first kappa shape index (κ1) is 15.6. The summed E-state index contributed by atoms with van der Waals surface area (Å²) in [5, 5.41) is 3.54. The number of rotatable bonds is 7. The zero-order valence-corrected chi connectivity index (χ0v) is 13.2. The number of hydrogen-bond acceptors (Lipinski definition) is 4. The van der Waals surface area contributed by atoms with Gasteiger partial charge in [-0.05, 0) is 42.3 Å². The average molecular weight is 306 g/mol. The molecule has 1 N–H and O–H groups in total. The number of nitrogens with zero attached hydrogens (tertiary/aromatic N) is 2. The van der Waals surface area contributed by atoms with Gasteiger partial charge in [0, 0.05) is 18.2 Å². The van der Waals surface area contributed by atoms with Crippen LogP contribution in [-0.2, 0) is 0 Å². The molecule has 0 radical (unpaired) electrons. The normalized spacial score (nSPS) is 10.4. The zero-order chi connectivity index (χ0) is 15.1. The van der Waals surface area contributed by atoms with Crippen LogP contribution in [0.25, 0.3) is 11.3 Å². The second-order valence-corrected chi connectivity index (χ2v) is 5.11. The lowest BCUT2D eigenvalue weighted by molar-refractivity contribution is 0.415. The summed E-state index contributed by atoms with van der Waals surface area (Å²) < 4.78 is 5.16. The van der Waals surface area contributed by atoms with Gasteiger partial charge in [-0.15, -0.1) is 0 Å². The van der Waals surface area contributed by atoms with Crippen molar-refractivity contribution in [2.24, 2.45) is 0 Å². The van der Waals surface area contributed by atoms with Gasteiger partial charge < -0.3 is 10.1 Å². The molecule has 2 aromatic rings. The van der Waals surface area contributed by atoms with Crippen molar-refractivity contribution >= 4 is 17.4 Å². The number of nitrogens with one attached hydrogen (secondary N) is 1. The Hall–Kier alpha value is -1.81. The molecule has 1 heterocycles. The first-order valence-electron chi connectivity index (χ1n) is 7.16. The lowest BCUT2D eigenvalue weighted by Gasteiger charge is -2.08. The first-order valence-corrected chi connectivity index (χ1v) is 7.53. The van der Waals surface area contributed by atoms with Crippen molar-refractivity contribution in [3.8, 4) is 17.0 Å². The van der Waals surface area contributed by atoms with Gasteiger partial charge >= 0.3 is 0 Å². The number of ether oxygens (including phenoxy) is 1. The minimum absolute atomic E-state index is 0.251. The highest BCUT2D eigenvalue weighted by Gasteiger charge is 2.05. The third-order valence-corrected chi connectivity index (χ3v) is 3.34. The summed E-state index contributed by atoms with van der Waals surface area (Å²) in [4.78, 5) is 8.49. The quantitative estimate of drug-likeness (QED) is 0.608. The van der Waals surface area contributed by atoms with Crippen LogP contribution in [-0.4, -0.2) is 23.6 Å². The molecule has 5 heteroatoms. The highest BCUT2D eigenvalue weighted by atomic mass is 35.5. The molecule has 0 aliphatic heterocycles. The molecule has 21 heavy (non-hydrogen) atoms. The average Bonchev–Trinajstić information content (AvgIpc) is 2.51. The summed E-state index contributed by atoms with van der Waals surface area (Å²) in [5.74, 6) is 1.58. The lowest BCUT2D eigenvalue weighted by atomic mass is 10.1. The van der Waals surface area contributed by atoms with Gasteiger partial charge in [-0.2, -0.15) is 0 Å². The minimum Gasteiger partial charge on any atom is -0.497 e. The summed E-state index contributed by atoms with van der Waals surface area (Å²) in [6.45, 7) is 3.08. The summed E-state index contributed by atoms with van der Waals surface area (Å²) in [5.41, 5.74) is 1.78. The van der Waals surface area contributed by atoms with Crippen LogP contribution in [0.4, 0.5) is 5.82 Å². The van der Waals surface area contributed by atoms with Crippen molar-refractivity contribution in [1.82, 2.24) is 9.97 Å². The van der Waals surface area contributed by atoms with Gasteiger partial charge in [-0.1, -0.05) is 19.8 Å². The molecule has 0 saturated heterocycles. The molecule has 4 nitrogen and oxygen atoms in total. The fourth-order valence-corrected chi connectivity index (χ4v) is 2.19. The van der Waals surface area contributed by atoms with Crippen molar-refractivity contribution < 1.29 is 4.74 Å². The maximum Gasteiger partial charge on any atom is 0.224 e. The van der Waals surface area contributed by atoms with E-state index in [1.807, 2.05) is 30.3 Å². The number of benzene rings is 1. The molecule has 0 bridgehead atoms. The van der Waals surface area contributed by atoms with Crippen LogP contribution in [0.3, 0.4) is 0 Å². The van der Waals surface area contributed by atoms with Gasteiger partial charge in [-0.25, -0.2) is 9.97 Å². The largest absolute Gasteiger partial charge is 0.497 e. The fraction of sp³-hybridized carbons (Fsp3) is 0.375. The molecule has 0 aliphatic rings. The molecule has 0 atom stereocenters. The summed E-state index contributed by atoms with van der Waals surface area (Å²) in [6.07, 6.45) is 3.52. The van der Waals surface area contributed by atoms with Crippen molar-refractivity contribution in [2.45, 2.75) is 26.2 Å². The van der Waals surface area contributed by atoms with Gasteiger partial charge in [0.1, 0.15) is 11.6 Å². The van der Waals surface area contributed by atoms with E-state index in [2.05, 4.69) is 22.2 Å². The van der Waals surface area contributed by atoms with E-state index in [0.717, 1.165) is 35.8 Å². The van der Waals surface area contributed by atoms with Gasteiger partial charge in [0.15, 0.2) is 0 Å². The Morgan fingerprint density at radius 3 is 2.57 bits per heavy atom. The SMILES string of the molecule is CCCCCNc1cc(-c2ccc(OC)cc2)nc(Cl)n1. The van der Waals surface area contributed by atoms with E-state index < -0.39 is 0 Å². The Bertz CT molecular complexity index is 572. The fourth-order valence-electron chi connectivity index (χ4n) is 2.01. The van der Waals surface area contributed by atoms with E-state index in [-0.39, 0.29) is 5.28 Å². The van der Waals surface area contributed by atoms with Crippen molar-refractivity contribution in [1.29, 1.82) is 0 Å². The number of methoxy groups -OCH3 is 1. The molecule has 1 aromatic carbocycles. The van der Waals surface area contributed by atoms with Crippen LogP contribution in [0.1, 0.15) is 26.2 Å². The molecule has 0 unspecified atom stereocenters. The van der Waals surface area contributed by atoms with E-state index in [0.29, 0.717) is 0 Å². The van der Waals surface area contributed by atoms with E-state index in [1.54, 1.807) is 7.11 Å². The van der Waals surface area contributed by atoms with E-state index in [9.17, 15) is 0 Å². The highest BCUT2D eigenvalue weighted by Crippen LogP contribution is 2.23. The minimum atomic E-state index is 0.251. The molecule has 2 rings (SSSR count). The number of hydrogen-bond donors (Lipinski definition) is 1. The second-order valence-electron chi connectivity index (χ2n) is 4.77. The van der Waals surface area contributed by atoms with Crippen molar-refractivity contribution in [3.05, 3.63) is 35.6 Å². The number of anilines is 1. The Morgan fingerprint density at radius 2 is 1.90 bits per heavy atom. The predicted octanol–water partition coefficient (Wildman–Crippen LogP) is 4.41. The highest BCUT2D eigenvalue weighted by molar-refractivity contribution is 6.28.